The van der Waals surface area contributed by atoms with Gasteiger partial charge in [0.1, 0.15) is 0 Å². The van der Waals surface area contributed by atoms with Crippen LogP contribution in [0.2, 0.25) is 0 Å². The molecule has 1 saturated carbocycles. The van der Waals surface area contributed by atoms with Gasteiger partial charge in [0.25, 0.3) is 0 Å². The number of hydrogen-bond donors (Lipinski definition) is 1. The lowest BCUT2D eigenvalue weighted by Crippen LogP contribution is -2.35. The van der Waals surface area contributed by atoms with Gasteiger partial charge in [-0.2, -0.15) is 0 Å². The van der Waals surface area contributed by atoms with Crippen molar-refractivity contribution in [3.8, 4) is 0 Å². The van der Waals surface area contributed by atoms with E-state index >= 15 is 0 Å². The molecular weight excluding hydrogens is 162 g/mol. The minimum atomic E-state index is -0.00669. The van der Waals surface area contributed by atoms with E-state index in [-0.39, 0.29) is 5.60 Å². The van der Waals surface area contributed by atoms with Crippen molar-refractivity contribution in [1.82, 2.24) is 0 Å². The summed E-state index contributed by atoms with van der Waals surface area (Å²) in [5.41, 5.74) is 5.70. The largest absolute Gasteiger partial charge is 0.370 e. The molecule has 1 saturated heterocycles. The first-order valence-electron chi connectivity index (χ1n) is 5.61. The number of ether oxygens (including phenoxy) is 1. The van der Waals surface area contributed by atoms with Crippen molar-refractivity contribution in [3.63, 3.8) is 0 Å². The lowest BCUT2D eigenvalue weighted by Gasteiger charge is -2.25. The first-order chi connectivity index (χ1) is 6.23. The van der Waals surface area contributed by atoms with Crippen molar-refractivity contribution in [1.29, 1.82) is 0 Å². The van der Waals surface area contributed by atoms with Crippen LogP contribution in [0.1, 0.15) is 45.4 Å². The Morgan fingerprint density at radius 3 is 2.54 bits per heavy atom. The second-order valence-corrected chi connectivity index (χ2v) is 4.89. The maximum atomic E-state index is 6.06. The molecule has 0 aromatic heterocycles. The Kier molecular flexibility index (Phi) is 2.61. The third-order valence-corrected chi connectivity index (χ3v) is 3.75. The fraction of sp³-hybridized carbons (Fsp3) is 1.00. The maximum Gasteiger partial charge on any atom is 0.0781 e. The molecule has 2 rings (SSSR count). The number of rotatable bonds is 2. The molecule has 2 N–H and O–H groups in total. The Hall–Kier alpha value is -0.0800. The van der Waals surface area contributed by atoms with Crippen LogP contribution in [0, 0.1) is 5.92 Å². The summed E-state index contributed by atoms with van der Waals surface area (Å²) in [7, 11) is 0. The van der Waals surface area contributed by atoms with Crippen LogP contribution in [-0.4, -0.2) is 18.2 Å². The molecule has 0 radical (unpaired) electrons. The predicted molar refractivity (Wildman–Crippen MR) is 53.5 cm³/mol. The normalized spacial score (nSPS) is 41.5. The predicted octanol–water partition coefficient (Wildman–Crippen LogP) is 2.07. The summed E-state index contributed by atoms with van der Waals surface area (Å²) in [5.74, 6) is 0.841. The molecule has 2 aliphatic rings. The number of hydrogen-bond acceptors (Lipinski definition) is 2. The zero-order valence-corrected chi connectivity index (χ0v) is 8.59. The van der Waals surface area contributed by atoms with E-state index in [0.717, 1.165) is 12.3 Å². The summed E-state index contributed by atoms with van der Waals surface area (Å²) in [5, 5.41) is 0. The van der Waals surface area contributed by atoms with Crippen LogP contribution >= 0.6 is 0 Å². The van der Waals surface area contributed by atoms with Crippen LogP contribution in [0.25, 0.3) is 0 Å². The summed E-state index contributed by atoms with van der Waals surface area (Å²) in [4.78, 5) is 0. The quantitative estimate of drug-likeness (QED) is 0.711. The molecule has 0 aromatic rings. The Morgan fingerprint density at radius 2 is 2.00 bits per heavy atom. The van der Waals surface area contributed by atoms with E-state index in [2.05, 4.69) is 6.92 Å². The molecule has 13 heavy (non-hydrogen) atoms. The highest BCUT2D eigenvalue weighted by Gasteiger charge is 2.39. The average molecular weight is 183 g/mol. The summed E-state index contributed by atoms with van der Waals surface area (Å²) in [6, 6.07) is 0. The highest BCUT2D eigenvalue weighted by molar-refractivity contribution is 4.89. The first-order valence-corrected chi connectivity index (χ1v) is 5.61. The molecule has 1 aliphatic heterocycles. The molecule has 2 atom stereocenters. The van der Waals surface area contributed by atoms with Gasteiger partial charge in [-0.05, 0) is 38.5 Å². The Labute approximate surface area is 80.8 Å². The topological polar surface area (TPSA) is 35.2 Å². The van der Waals surface area contributed by atoms with Gasteiger partial charge in [-0.25, -0.2) is 0 Å². The standard InChI is InChI=1S/C11H21NO/c1-11(8-12)7-6-10(13-11)9-4-2-3-5-9/h9-10H,2-8,12H2,1H3. The molecule has 1 aliphatic carbocycles. The summed E-state index contributed by atoms with van der Waals surface area (Å²) >= 11 is 0. The molecule has 0 aromatic carbocycles. The van der Waals surface area contributed by atoms with Crippen molar-refractivity contribution >= 4 is 0 Å². The van der Waals surface area contributed by atoms with Crippen molar-refractivity contribution in [2.24, 2.45) is 11.7 Å². The smallest absolute Gasteiger partial charge is 0.0781 e. The van der Waals surface area contributed by atoms with Gasteiger partial charge in [0.2, 0.25) is 0 Å². The van der Waals surface area contributed by atoms with Crippen LogP contribution in [0.5, 0.6) is 0 Å². The van der Waals surface area contributed by atoms with E-state index in [1.54, 1.807) is 0 Å². The van der Waals surface area contributed by atoms with Crippen LogP contribution in [-0.2, 0) is 4.74 Å². The van der Waals surface area contributed by atoms with E-state index in [1.807, 2.05) is 0 Å². The maximum absolute atomic E-state index is 6.06. The molecule has 2 fully saturated rings. The summed E-state index contributed by atoms with van der Waals surface area (Å²) in [6.45, 7) is 2.83. The zero-order valence-electron chi connectivity index (χ0n) is 8.59. The van der Waals surface area contributed by atoms with Crippen LogP contribution in [0.15, 0.2) is 0 Å². The van der Waals surface area contributed by atoms with Gasteiger partial charge < -0.3 is 10.5 Å². The molecule has 2 nitrogen and oxygen atoms in total. The first kappa shape index (κ1) is 9.47. The van der Waals surface area contributed by atoms with Crippen LogP contribution < -0.4 is 5.73 Å². The Balaban J connectivity index is 1.90. The molecule has 0 amide bonds. The van der Waals surface area contributed by atoms with Crippen LogP contribution in [0.3, 0.4) is 0 Å². The van der Waals surface area contributed by atoms with E-state index in [0.29, 0.717) is 12.6 Å². The van der Waals surface area contributed by atoms with Crippen molar-refractivity contribution in [2.45, 2.75) is 57.2 Å². The van der Waals surface area contributed by atoms with Gasteiger partial charge in [0, 0.05) is 6.54 Å². The highest BCUT2D eigenvalue weighted by Crippen LogP contribution is 2.39. The summed E-state index contributed by atoms with van der Waals surface area (Å²) in [6.07, 6.45) is 8.49. The molecular formula is C11H21NO. The minimum Gasteiger partial charge on any atom is -0.370 e. The highest BCUT2D eigenvalue weighted by atomic mass is 16.5. The lowest BCUT2D eigenvalue weighted by molar-refractivity contribution is -0.0449. The van der Waals surface area contributed by atoms with E-state index in [4.69, 9.17) is 10.5 Å². The van der Waals surface area contributed by atoms with E-state index in [1.165, 1.54) is 32.1 Å². The lowest BCUT2D eigenvalue weighted by atomic mass is 9.96. The van der Waals surface area contributed by atoms with Gasteiger partial charge in [0.15, 0.2) is 0 Å². The second kappa shape index (κ2) is 3.58. The average Bonchev–Trinajstić information content (AvgIpc) is 2.73. The molecule has 0 bridgehead atoms. The van der Waals surface area contributed by atoms with Crippen molar-refractivity contribution in [3.05, 3.63) is 0 Å². The van der Waals surface area contributed by atoms with Gasteiger partial charge in [0.05, 0.1) is 11.7 Å². The van der Waals surface area contributed by atoms with Gasteiger partial charge >= 0.3 is 0 Å². The fourth-order valence-electron chi connectivity index (χ4n) is 2.74. The second-order valence-electron chi connectivity index (χ2n) is 4.89. The molecule has 1 heterocycles. The molecule has 2 unspecified atom stereocenters. The SMILES string of the molecule is CC1(CN)CCC(C2CCCC2)O1. The Morgan fingerprint density at radius 1 is 1.31 bits per heavy atom. The molecule has 0 spiro atoms. The minimum absolute atomic E-state index is 0.00669. The van der Waals surface area contributed by atoms with E-state index < -0.39 is 0 Å². The number of nitrogens with two attached hydrogens (primary N) is 1. The molecule has 2 heteroatoms. The van der Waals surface area contributed by atoms with E-state index in [9.17, 15) is 0 Å². The van der Waals surface area contributed by atoms with Crippen LogP contribution in [0.4, 0.5) is 0 Å². The monoisotopic (exact) mass is 183 g/mol. The van der Waals surface area contributed by atoms with Crippen molar-refractivity contribution < 1.29 is 4.74 Å². The van der Waals surface area contributed by atoms with Crippen molar-refractivity contribution in [2.75, 3.05) is 6.54 Å². The third-order valence-electron chi connectivity index (χ3n) is 3.75. The van der Waals surface area contributed by atoms with Gasteiger partial charge in [-0.3, -0.25) is 0 Å². The Bertz CT molecular complexity index is 177. The molecule has 76 valence electrons. The fourth-order valence-corrected chi connectivity index (χ4v) is 2.74. The van der Waals surface area contributed by atoms with Gasteiger partial charge in [-0.15, -0.1) is 0 Å². The third kappa shape index (κ3) is 1.89. The summed E-state index contributed by atoms with van der Waals surface area (Å²) < 4.78 is 6.06. The van der Waals surface area contributed by atoms with Gasteiger partial charge in [-0.1, -0.05) is 12.8 Å². The zero-order chi connectivity index (χ0) is 9.31.